The lowest BCUT2D eigenvalue weighted by atomic mass is 9.98. The largest absolute Gasteiger partial charge is 0.554 e. The number of carbonyl (C=O) groups is 1. The number of rotatable bonds is 9. The topological polar surface area (TPSA) is 266 Å². The van der Waals surface area contributed by atoms with E-state index in [4.69, 9.17) is 26.5 Å². The molecule has 0 aliphatic heterocycles. The first-order valence-corrected chi connectivity index (χ1v) is 14.2. The van der Waals surface area contributed by atoms with E-state index in [1.54, 1.807) is 18.2 Å². The first-order valence-electron chi connectivity index (χ1n) is 10.4. The van der Waals surface area contributed by atoms with Crippen molar-refractivity contribution in [3.8, 4) is 22.5 Å². The van der Waals surface area contributed by atoms with E-state index in [0.717, 1.165) is 10.8 Å². The predicted molar refractivity (Wildman–Crippen MR) is 134 cm³/mol. The van der Waals surface area contributed by atoms with Gasteiger partial charge in [0, 0.05) is 24.6 Å². The molecule has 0 spiro atoms. The van der Waals surface area contributed by atoms with Crippen LogP contribution in [-0.4, -0.2) is 68.2 Å². The van der Waals surface area contributed by atoms with Gasteiger partial charge in [0.1, 0.15) is 16.5 Å². The smallest absolute Gasteiger partial charge is 0.241 e. The third-order valence-electron chi connectivity index (χ3n) is 5.00. The molecule has 4 rings (SSSR count). The average molecular weight is 587 g/mol. The number of H-pyrrole nitrogens is 1. The monoisotopic (exact) mass is 586 g/mol. The highest BCUT2D eigenvalue weighted by Crippen LogP contribution is 2.41. The van der Waals surface area contributed by atoms with Crippen LogP contribution >= 0.6 is 11.3 Å². The highest BCUT2D eigenvalue weighted by atomic mass is 32.2. The third-order valence-corrected chi connectivity index (χ3v) is 8.47. The number of thiazole rings is 1. The summed E-state index contributed by atoms with van der Waals surface area (Å²) in [6.45, 7) is -1.57. The Morgan fingerprint density at radius 3 is 2.50 bits per heavy atom. The second-order valence-corrected chi connectivity index (χ2v) is 11.8. The first kappa shape index (κ1) is 28.9. The maximum Gasteiger partial charge on any atom is 0.241 e. The zero-order valence-electron chi connectivity index (χ0n) is 19.2. The number of nitrogen functional groups attached to an aromatic ring is 1. The molecule has 19 heteroatoms. The Labute approximate surface area is 219 Å². The Hall–Kier alpha value is -3.62. The molecule has 2 heterocycles. The van der Waals surface area contributed by atoms with Crippen LogP contribution in [0.3, 0.4) is 0 Å². The Bertz CT molecular complexity index is 1640. The number of aromatic nitrogens is 5. The average Bonchev–Trinajstić information content (AvgIpc) is 3.51. The molecule has 0 aliphatic carbocycles. The fourth-order valence-electron chi connectivity index (χ4n) is 3.49. The van der Waals surface area contributed by atoms with Crippen molar-refractivity contribution < 1.29 is 31.1 Å². The number of primary sulfonamides is 1. The molecule has 1 unspecified atom stereocenters. The summed E-state index contributed by atoms with van der Waals surface area (Å²) >= 11 is 1.23. The van der Waals surface area contributed by atoms with E-state index in [-0.39, 0.29) is 35.0 Å². The van der Waals surface area contributed by atoms with E-state index in [0.29, 0.717) is 11.1 Å². The molecular weight excluding hydrogens is 565 g/mol. The number of hydrogen-bond donors (Lipinski definition) is 5. The normalized spacial score (nSPS) is 12.6. The third kappa shape index (κ3) is 6.26. The fourth-order valence-corrected chi connectivity index (χ4v) is 6.90. The molecule has 0 radical (unpaired) electrons. The summed E-state index contributed by atoms with van der Waals surface area (Å²) in [7, 11) is -9.10. The van der Waals surface area contributed by atoms with Crippen molar-refractivity contribution in [3.63, 3.8) is 0 Å². The van der Waals surface area contributed by atoms with Crippen LogP contribution in [0.2, 0.25) is 0 Å². The number of anilines is 1. The van der Waals surface area contributed by atoms with Crippen LogP contribution in [0.25, 0.3) is 32.7 Å². The van der Waals surface area contributed by atoms with E-state index in [1.165, 1.54) is 17.4 Å². The molecule has 38 heavy (non-hydrogen) atoms. The summed E-state index contributed by atoms with van der Waals surface area (Å²) in [6.07, 6.45) is -0.0105. The zero-order valence-corrected chi connectivity index (χ0v) is 21.7. The zero-order chi connectivity index (χ0) is 28.1. The number of halogens is 1. The van der Waals surface area contributed by atoms with Gasteiger partial charge in [-0.1, -0.05) is 29.5 Å². The first-order chi connectivity index (χ1) is 17.9. The molecule has 2 aromatic carbocycles. The molecule has 2 aromatic heterocycles. The number of alkyl halides is 1. The van der Waals surface area contributed by atoms with E-state index < -0.39 is 49.0 Å². The minimum absolute atomic E-state index is 0.0105. The summed E-state index contributed by atoms with van der Waals surface area (Å²) in [5.41, 5.74) is 12.3. The van der Waals surface area contributed by atoms with Crippen molar-refractivity contribution in [3.05, 3.63) is 30.3 Å². The number of carboxylic acid groups (broad SMARTS) is 1. The van der Waals surface area contributed by atoms with Crippen molar-refractivity contribution in [2.24, 2.45) is 10.9 Å². The van der Waals surface area contributed by atoms with Gasteiger partial charge in [0.25, 0.3) is 0 Å². The van der Waals surface area contributed by atoms with E-state index in [2.05, 4.69) is 30.3 Å². The van der Waals surface area contributed by atoms with Gasteiger partial charge in [-0.25, -0.2) is 36.1 Å². The fraction of sp³-hybridized carbons (Fsp3) is 0.211. The maximum absolute atomic E-state index is 13.1. The van der Waals surface area contributed by atoms with Gasteiger partial charge in [0.15, 0.2) is 5.13 Å². The van der Waals surface area contributed by atoms with E-state index in [9.17, 15) is 21.2 Å². The summed E-state index contributed by atoms with van der Waals surface area (Å²) in [4.78, 5) is 11.2. The number of nitrogens with one attached hydrogen (secondary N) is 2. The molecule has 8 N–H and O–H groups in total. The quantitative estimate of drug-likeness (QED) is 0.143. The summed E-state index contributed by atoms with van der Waals surface area (Å²) < 4.78 is 67.4. The van der Waals surface area contributed by atoms with Crippen LogP contribution in [0.5, 0.6) is 0 Å². The maximum atomic E-state index is 13.1. The van der Waals surface area contributed by atoms with Gasteiger partial charge in [-0.3, -0.25) is 0 Å². The second-order valence-electron chi connectivity index (χ2n) is 7.50. The highest BCUT2D eigenvalue weighted by Gasteiger charge is 2.32. The lowest BCUT2D eigenvalue weighted by Crippen LogP contribution is -2.32. The second kappa shape index (κ2) is 11.8. The molecule has 0 fully saturated rings. The van der Waals surface area contributed by atoms with E-state index in [1.807, 2.05) is 0 Å². The number of tetrazole rings is 1. The minimum atomic E-state index is -4.67. The molecular formula is C19H21FN9O6S3-. The van der Waals surface area contributed by atoms with Gasteiger partial charge < -0.3 is 21.4 Å². The molecule has 1 atom stereocenters. The molecule has 0 saturated heterocycles. The Morgan fingerprint density at radius 1 is 1.18 bits per heavy atom. The molecule has 15 nitrogen and oxygen atoms in total. The lowest BCUT2D eigenvalue weighted by Gasteiger charge is -2.17. The van der Waals surface area contributed by atoms with Gasteiger partial charge in [0.05, 0.1) is 15.8 Å². The van der Waals surface area contributed by atoms with Crippen molar-refractivity contribution in [1.29, 1.82) is 0 Å². The Balaban J connectivity index is 0.00000127. The van der Waals surface area contributed by atoms with Crippen LogP contribution in [0.15, 0.2) is 40.1 Å². The van der Waals surface area contributed by atoms with Crippen molar-refractivity contribution in [1.82, 2.24) is 30.3 Å². The van der Waals surface area contributed by atoms with Gasteiger partial charge in [-0.2, -0.15) is 5.21 Å². The molecule has 4 aromatic rings. The lowest BCUT2D eigenvalue weighted by molar-refractivity contribution is -0.283. The number of carbonyl (C=O) groups excluding carboxylic acids is 1. The number of aromatic amines is 1. The van der Waals surface area contributed by atoms with Crippen LogP contribution in [-0.2, 0) is 24.8 Å². The molecule has 0 saturated carbocycles. The van der Waals surface area contributed by atoms with Gasteiger partial charge in [-0.05, 0) is 29.3 Å². The van der Waals surface area contributed by atoms with Crippen molar-refractivity contribution in [2.75, 3.05) is 19.0 Å². The summed E-state index contributed by atoms with van der Waals surface area (Å²) in [5, 5.41) is 27.5. The number of benzene rings is 2. The summed E-state index contributed by atoms with van der Waals surface area (Å²) in [5.74, 6) is -0.208. The Kier molecular flexibility index (Phi) is 9.01. The van der Waals surface area contributed by atoms with Crippen LogP contribution in [0.1, 0.15) is 6.42 Å². The molecule has 0 amide bonds. The predicted octanol–water partition coefficient (Wildman–Crippen LogP) is -1.30. The number of hydrogen-bond acceptors (Lipinski definition) is 13. The number of sulfonamides is 2. The molecule has 0 aliphatic rings. The number of para-hydroxylation sites is 1. The van der Waals surface area contributed by atoms with E-state index >= 15 is 0 Å². The minimum Gasteiger partial charge on any atom is -0.554 e. The number of nitrogens with zero attached hydrogens (tertiary/aromatic N) is 4. The van der Waals surface area contributed by atoms with Gasteiger partial charge in [-0.15, -0.1) is 10.2 Å². The van der Waals surface area contributed by atoms with Gasteiger partial charge >= 0.3 is 0 Å². The highest BCUT2D eigenvalue weighted by molar-refractivity contribution is 7.92. The van der Waals surface area contributed by atoms with Crippen LogP contribution in [0.4, 0.5) is 9.52 Å². The number of nitrogens with two attached hydrogens (primary N) is 3. The van der Waals surface area contributed by atoms with Crippen LogP contribution in [0, 0.1) is 0 Å². The SMILES string of the molecule is Nc1nc2c(-c3ccc(S(=O)(=O)NCCC(N)CF)c(S(N)(=O)=O)c3-c3nn[nH]n3)cccc2s1.O=C[O-]. The Morgan fingerprint density at radius 2 is 1.89 bits per heavy atom. The van der Waals surface area contributed by atoms with Crippen LogP contribution < -0.4 is 26.4 Å². The summed E-state index contributed by atoms with van der Waals surface area (Å²) in [6, 6.07) is 6.78. The van der Waals surface area contributed by atoms with Gasteiger partial charge in [0.2, 0.25) is 25.9 Å². The van der Waals surface area contributed by atoms with Crippen molar-refractivity contribution in [2.45, 2.75) is 22.3 Å². The standard InChI is InChI=1S/C18H20FN9O4S3.CH2O2/c19-8-9(20)6-7-23-35(31,32)13-5-4-10(11-2-1-3-12-15(11)24-18(21)33-12)14(16(13)34(22,29)30)17-25-27-28-26-17;2-1-3/h1-5,9,23H,6-8,20H2,(H2,21,24)(H2,22,29,30)(H,25,26,27,28);1H,(H,2,3)/p-1. The molecule has 0 bridgehead atoms. The molecule has 204 valence electrons. The number of fused-ring (bicyclic) bond motifs is 1. The van der Waals surface area contributed by atoms with Crippen molar-refractivity contribution >= 4 is 53.2 Å².